The van der Waals surface area contributed by atoms with Crippen molar-refractivity contribution in [3.8, 4) is 0 Å². The van der Waals surface area contributed by atoms with Gasteiger partial charge in [-0.2, -0.15) is 0 Å². The Bertz CT molecular complexity index is 3210. The zero-order valence-corrected chi connectivity index (χ0v) is 78.8. The number of methoxy groups -OCH3 is 1. The lowest BCUT2D eigenvalue weighted by molar-refractivity contribution is -0.119. The highest BCUT2D eigenvalue weighted by Crippen LogP contribution is 2.19. The third-order valence-electron chi connectivity index (χ3n) is 15.5. The topological polar surface area (TPSA) is 501 Å². The third kappa shape index (κ3) is 59.1. The first-order valence-corrected chi connectivity index (χ1v) is 48.3. The number of nitrogens with one attached hydrogen (secondary N) is 9. The molecule has 0 bridgehead atoms. The number of nitrogens with zero attached hydrogens (tertiary/aromatic N) is 3. The number of rotatable bonds is 36. The average molecular weight is 1760 g/mol. The Hall–Kier alpha value is -1.68. The van der Waals surface area contributed by atoms with Gasteiger partial charge in [0.2, 0.25) is 76.1 Å². The van der Waals surface area contributed by atoms with Gasteiger partial charge in [-0.25, -0.2) is 92.0 Å². The number of aliphatic hydroxyl groups is 4. The minimum Gasteiger partial charge on any atom is -0.395 e. The molecule has 0 aliphatic carbocycles. The van der Waals surface area contributed by atoms with Crippen LogP contribution in [0.5, 0.6) is 0 Å². The van der Waals surface area contributed by atoms with E-state index in [1.807, 2.05) is 0 Å². The molecule has 0 aromatic carbocycles. The molecule has 1 amide bonds. The van der Waals surface area contributed by atoms with Crippen molar-refractivity contribution in [2.75, 3.05) is 211 Å². The fourth-order valence-electron chi connectivity index (χ4n) is 7.39. The van der Waals surface area contributed by atoms with Crippen molar-refractivity contribution in [2.45, 2.75) is 225 Å². The summed E-state index contributed by atoms with van der Waals surface area (Å²) in [6, 6.07) is 0. The van der Waals surface area contributed by atoms with Gasteiger partial charge < -0.3 is 54.7 Å². The highest BCUT2D eigenvalue weighted by atomic mass is 32.2. The molecule has 0 radical (unpaired) electrons. The maximum absolute atomic E-state index is 11.8. The van der Waals surface area contributed by atoms with Crippen LogP contribution in [-0.2, 0) is 98.6 Å². The number of morpholine rings is 1. The van der Waals surface area contributed by atoms with Crippen molar-refractivity contribution in [3.63, 3.8) is 0 Å². The van der Waals surface area contributed by atoms with E-state index in [2.05, 4.69) is 74.3 Å². The van der Waals surface area contributed by atoms with E-state index in [0.29, 0.717) is 65.6 Å². The van der Waals surface area contributed by atoms with Crippen LogP contribution < -0.4 is 43.7 Å². The normalized spacial score (nSPS) is 16.3. The fourth-order valence-corrected chi connectivity index (χ4v) is 13.0. The predicted molar refractivity (Wildman–Crippen MR) is 449 cm³/mol. The van der Waals surface area contributed by atoms with Crippen LogP contribution in [0.2, 0.25) is 0 Å². The zero-order valence-electron chi connectivity index (χ0n) is 73.1. The Morgan fingerprint density at radius 2 is 0.759 bits per heavy atom. The van der Waals surface area contributed by atoms with Crippen LogP contribution in [0, 0.1) is 5.41 Å². The molecule has 3 aliphatic rings. The van der Waals surface area contributed by atoms with Gasteiger partial charge in [0.25, 0.3) is 0 Å². The van der Waals surface area contributed by atoms with Crippen LogP contribution in [0.25, 0.3) is 0 Å². The van der Waals surface area contributed by atoms with Gasteiger partial charge in [-0.1, -0.05) is 20.8 Å². The van der Waals surface area contributed by atoms with Crippen LogP contribution in [-0.4, -0.2) is 350 Å². The SMILES string of the molecule is CC(=O)NCC(C)(C)C.CC(C)(C)S(=O)(=O)NCC1CCCO1.CC(C)(C)S(=O)(=O)NCCN(CCO)CCO.CC(C)(C)S(=O)(=O)NCCN1CCNCC1.CC(C)(C)S(=O)(=O)NCCN1CCOCC1.CC(C)(C)S(=O)(=O)NCCO.CC(C)(C)S(=O)(=O)NCCOCCO.COCCOCCNS(=O)(=O)C(C)(C)C. The summed E-state index contributed by atoms with van der Waals surface area (Å²) < 4.78 is 200. The number of hydrogen-bond acceptors (Lipinski definition) is 28. The first kappa shape index (κ1) is 119. The van der Waals surface area contributed by atoms with E-state index in [4.69, 9.17) is 44.1 Å². The Labute approximate surface area is 679 Å². The molecular formula is C69H158N12O24S7. The van der Waals surface area contributed by atoms with Gasteiger partial charge in [-0.3, -0.25) is 19.5 Å². The fraction of sp³-hybridized carbons (Fsp3) is 0.986. The summed E-state index contributed by atoms with van der Waals surface area (Å²) in [5.41, 5.74) is 0.200. The van der Waals surface area contributed by atoms with Gasteiger partial charge in [0.15, 0.2) is 0 Å². The number of hydrogen-bond donors (Lipinski definition) is 13. The second-order valence-electron chi connectivity index (χ2n) is 34.1. The van der Waals surface area contributed by atoms with Crippen molar-refractivity contribution in [1.82, 2.24) is 58.4 Å². The highest BCUT2D eigenvalue weighted by molar-refractivity contribution is 7.92. The Balaban J connectivity index is -0.000000392. The first-order valence-electron chi connectivity index (χ1n) is 37.9. The first-order chi connectivity index (χ1) is 50.6. The smallest absolute Gasteiger partial charge is 0.216 e. The standard InChI is InChI=1S/C10H23N3O2S.C10H24N2O4S.C10H22N2O3S.C9H21NO4S.C9H19NO3S.C8H19NO4S.C7H15NO.C6H15NO3S/c1-10(2,3)16(14,15)12-6-9-13-7-4-11-5-8-13;1-10(2,3)17(15,16)11-4-5-12(6-8-13)7-9-14;1-10(2,3)16(13,14)11-4-5-12-6-8-15-9-7-12;1-9(2,3)15(11,12)10-5-6-14-8-7-13-4;1-9(2,3)14(11,12)10-7-8-5-4-6-13-8;1-8(2,3)14(11,12)9-4-6-13-7-5-10;1-6(9)8-5-7(2,3)4;1-6(2,3)11(9,10)7-4-5-8/h11-12H,4-9H2,1-3H3;11,13-14H,4-9H2,1-3H3;11H,4-9H2,1-3H3;10H,5-8H2,1-4H3;8,10H,4-7H2,1-3H3;9-10H,4-7H2,1-3H3;5H2,1-4H3,(H,8,9);7-8H,4-5H2,1-3H3. The molecule has 3 fully saturated rings. The van der Waals surface area contributed by atoms with Crippen LogP contribution in [0.4, 0.5) is 0 Å². The molecule has 1 unspecified atom stereocenters. The van der Waals surface area contributed by atoms with Gasteiger partial charge in [-0.15, -0.1) is 0 Å². The second kappa shape index (κ2) is 56.8. The van der Waals surface area contributed by atoms with Crippen LogP contribution in [0.15, 0.2) is 0 Å². The van der Waals surface area contributed by atoms with E-state index in [0.717, 1.165) is 91.6 Å². The molecule has 1 atom stereocenters. The van der Waals surface area contributed by atoms with Gasteiger partial charge in [0.1, 0.15) is 0 Å². The van der Waals surface area contributed by atoms with Crippen molar-refractivity contribution < 1.29 is 108 Å². The van der Waals surface area contributed by atoms with Crippen molar-refractivity contribution in [3.05, 3.63) is 0 Å². The maximum atomic E-state index is 11.8. The molecule has 0 aromatic heterocycles. The van der Waals surface area contributed by atoms with E-state index >= 15 is 0 Å². The molecule has 680 valence electrons. The van der Waals surface area contributed by atoms with E-state index in [9.17, 15) is 63.7 Å². The summed E-state index contributed by atoms with van der Waals surface area (Å²) in [6.45, 7) is 58.1. The second-order valence-corrected chi connectivity index (χ2v) is 51.8. The summed E-state index contributed by atoms with van der Waals surface area (Å²) in [4.78, 5) is 16.6. The van der Waals surface area contributed by atoms with Crippen molar-refractivity contribution >= 4 is 76.1 Å². The molecule has 0 aromatic rings. The number of sulfonamides is 7. The van der Waals surface area contributed by atoms with Crippen LogP contribution >= 0.6 is 0 Å². The minimum atomic E-state index is -3.32. The molecule has 3 saturated heterocycles. The minimum absolute atomic E-state index is 0.00792. The Kier molecular flexibility index (Phi) is 60.2. The lowest BCUT2D eigenvalue weighted by Gasteiger charge is -2.28. The predicted octanol–water partition coefficient (Wildman–Crippen LogP) is 0.466. The zero-order chi connectivity index (χ0) is 88.6. The van der Waals surface area contributed by atoms with E-state index in [-0.39, 0.29) is 76.7 Å². The maximum Gasteiger partial charge on any atom is 0.216 e. The molecule has 36 nitrogen and oxygen atoms in total. The lowest BCUT2D eigenvalue weighted by Crippen LogP contribution is -2.47. The van der Waals surface area contributed by atoms with Gasteiger partial charge in [0.05, 0.1) is 112 Å². The summed E-state index contributed by atoms with van der Waals surface area (Å²) in [6.07, 6.45) is 2.04. The van der Waals surface area contributed by atoms with Crippen LogP contribution in [0.3, 0.4) is 0 Å². The highest BCUT2D eigenvalue weighted by Gasteiger charge is 2.34. The summed E-state index contributed by atoms with van der Waals surface area (Å²) in [5, 5.41) is 40.4. The van der Waals surface area contributed by atoms with Crippen molar-refractivity contribution in [2.24, 2.45) is 5.41 Å². The molecule has 13 N–H and O–H groups in total. The summed E-state index contributed by atoms with van der Waals surface area (Å²) in [7, 11) is -21.1. The van der Waals surface area contributed by atoms with Gasteiger partial charge in [-0.05, 0) is 164 Å². The number of amides is 1. The van der Waals surface area contributed by atoms with E-state index in [1.165, 1.54) is 6.92 Å². The molecule has 0 spiro atoms. The summed E-state index contributed by atoms with van der Waals surface area (Å²) >= 11 is 0. The lowest BCUT2D eigenvalue weighted by atomic mass is 9.97. The third-order valence-corrected chi connectivity index (χ3v) is 30.8. The van der Waals surface area contributed by atoms with E-state index < -0.39 is 103 Å². The van der Waals surface area contributed by atoms with Gasteiger partial charge >= 0.3 is 0 Å². The van der Waals surface area contributed by atoms with E-state index in [1.54, 1.807) is 157 Å². The Morgan fingerprint density at radius 3 is 1.06 bits per heavy atom. The average Bonchev–Trinajstić information content (AvgIpc) is 1.48. The molecule has 43 heteroatoms. The largest absolute Gasteiger partial charge is 0.395 e. The molecule has 0 saturated carbocycles. The van der Waals surface area contributed by atoms with Gasteiger partial charge in [0, 0.05) is 145 Å². The van der Waals surface area contributed by atoms with Crippen molar-refractivity contribution in [1.29, 1.82) is 0 Å². The Morgan fingerprint density at radius 1 is 0.420 bits per heavy atom. The monoisotopic (exact) mass is 1760 g/mol. The molecule has 3 rings (SSSR count). The summed E-state index contributed by atoms with van der Waals surface area (Å²) in [5.74, 6) is 0.0462. The van der Waals surface area contributed by atoms with Crippen LogP contribution in [0.1, 0.15) is 186 Å². The number of carbonyl (C=O) groups is 1. The number of piperazine rings is 1. The number of aliphatic hydroxyl groups excluding tert-OH is 4. The number of carbonyl (C=O) groups excluding carboxylic acids is 1. The quantitative estimate of drug-likeness (QED) is 0.0379. The molecule has 112 heavy (non-hydrogen) atoms. The molecule has 3 aliphatic heterocycles. The molecular weight excluding hydrogens is 1610 g/mol. The number of ether oxygens (including phenoxy) is 5. The molecule has 3 heterocycles.